The van der Waals surface area contributed by atoms with E-state index in [0.717, 1.165) is 45.2 Å². The summed E-state index contributed by atoms with van der Waals surface area (Å²) in [6.45, 7) is 4.51. The monoisotopic (exact) mass is 387 g/mol. The van der Waals surface area contributed by atoms with Crippen LogP contribution >= 0.6 is 24.8 Å². The van der Waals surface area contributed by atoms with Crippen LogP contribution in [0.2, 0.25) is 0 Å². The number of likely N-dealkylation sites (tertiary alicyclic amines) is 1. The highest BCUT2D eigenvalue weighted by Crippen LogP contribution is 2.33. The summed E-state index contributed by atoms with van der Waals surface area (Å²) < 4.78 is 0. The Morgan fingerprint density at radius 1 is 1.20 bits per heavy atom. The molecule has 2 fully saturated rings. The Morgan fingerprint density at radius 2 is 1.92 bits per heavy atom. The van der Waals surface area contributed by atoms with Crippen molar-refractivity contribution in [3.05, 3.63) is 29.8 Å². The maximum atomic E-state index is 12.7. The minimum Gasteiger partial charge on any atom is -0.382 e. The van der Waals surface area contributed by atoms with Crippen molar-refractivity contribution >= 4 is 36.4 Å². The summed E-state index contributed by atoms with van der Waals surface area (Å²) in [6.07, 6.45) is 5.36. The number of carbonyl (C=O) groups excluding carboxylic acids is 1. The standard InChI is InChI=1S/C19H29N3O.2ClH/c1-14-4-2-6-17(12-14)21-16-8-10-22(11-9-16)19(23)18-7-3-5-15(18)13-20;;/h2,4,6,12,15-16,18,21H,3,5,7-11,13,20H2,1H3;2*1H/t15-,18-;;/m1../s1. The topological polar surface area (TPSA) is 58.4 Å². The maximum Gasteiger partial charge on any atom is 0.226 e. The Morgan fingerprint density at radius 3 is 2.56 bits per heavy atom. The van der Waals surface area contributed by atoms with Gasteiger partial charge in [-0.25, -0.2) is 0 Å². The molecule has 0 spiro atoms. The number of halogens is 2. The van der Waals surface area contributed by atoms with Crippen molar-refractivity contribution in [2.75, 3.05) is 25.0 Å². The van der Waals surface area contributed by atoms with Crippen LogP contribution in [0.25, 0.3) is 0 Å². The van der Waals surface area contributed by atoms with Gasteiger partial charge in [-0.3, -0.25) is 4.79 Å². The van der Waals surface area contributed by atoms with Crippen molar-refractivity contribution in [3.63, 3.8) is 0 Å². The average molecular weight is 388 g/mol. The third-order valence-electron chi connectivity index (χ3n) is 5.47. The highest BCUT2D eigenvalue weighted by Gasteiger charge is 2.35. The van der Waals surface area contributed by atoms with E-state index in [-0.39, 0.29) is 30.7 Å². The second kappa shape index (κ2) is 10.2. The molecule has 1 aliphatic carbocycles. The molecule has 1 amide bonds. The van der Waals surface area contributed by atoms with Crippen molar-refractivity contribution in [1.29, 1.82) is 0 Å². The number of nitrogens with zero attached hydrogens (tertiary/aromatic N) is 1. The molecule has 1 aromatic carbocycles. The molecule has 2 atom stereocenters. The van der Waals surface area contributed by atoms with Crippen molar-refractivity contribution in [3.8, 4) is 0 Å². The largest absolute Gasteiger partial charge is 0.382 e. The van der Waals surface area contributed by atoms with Crippen LogP contribution in [-0.2, 0) is 4.79 Å². The Labute approximate surface area is 163 Å². The predicted octanol–water partition coefficient (Wildman–Crippen LogP) is 3.62. The van der Waals surface area contributed by atoms with Crippen LogP contribution < -0.4 is 11.1 Å². The summed E-state index contributed by atoms with van der Waals surface area (Å²) in [5.41, 5.74) is 8.29. The molecule has 1 saturated heterocycles. The molecule has 0 unspecified atom stereocenters. The van der Waals surface area contributed by atoms with Gasteiger partial charge in [0, 0.05) is 30.7 Å². The summed E-state index contributed by atoms with van der Waals surface area (Å²) in [4.78, 5) is 14.8. The molecular formula is C19H31Cl2N3O. The molecule has 0 radical (unpaired) electrons. The van der Waals surface area contributed by atoms with Crippen molar-refractivity contribution < 1.29 is 4.79 Å². The number of benzene rings is 1. The lowest BCUT2D eigenvalue weighted by Crippen LogP contribution is -2.46. The first-order valence-electron chi connectivity index (χ1n) is 8.99. The fourth-order valence-corrected chi connectivity index (χ4v) is 4.09. The lowest BCUT2D eigenvalue weighted by Gasteiger charge is -2.35. The van der Waals surface area contributed by atoms with Gasteiger partial charge >= 0.3 is 0 Å². The van der Waals surface area contributed by atoms with E-state index in [1.165, 1.54) is 11.3 Å². The average Bonchev–Trinajstić information content (AvgIpc) is 3.03. The normalized spacial score (nSPS) is 23.5. The van der Waals surface area contributed by atoms with Gasteiger partial charge in [0.1, 0.15) is 0 Å². The number of anilines is 1. The van der Waals surface area contributed by atoms with Crippen molar-refractivity contribution in [2.45, 2.75) is 45.1 Å². The molecule has 0 aromatic heterocycles. The van der Waals surface area contributed by atoms with Crippen molar-refractivity contribution in [1.82, 2.24) is 4.90 Å². The Kier molecular flexibility index (Phi) is 9.04. The third-order valence-corrected chi connectivity index (χ3v) is 5.47. The quantitative estimate of drug-likeness (QED) is 0.829. The van der Waals surface area contributed by atoms with Gasteiger partial charge in [0.05, 0.1) is 0 Å². The fraction of sp³-hybridized carbons (Fsp3) is 0.632. The number of amides is 1. The number of hydrogen-bond acceptors (Lipinski definition) is 3. The first-order chi connectivity index (χ1) is 11.2. The van der Waals surface area contributed by atoms with E-state index >= 15 is 0 Å². The third kappa shape index (κ3) is 5.50. The molecule has 3 N–H and O–H groups in total. The number of carbonyl (C=O) groups is 1. The zero-order valence-corrected chi connectivity index (χ0v) is 16.6. The van der Waals surface area contributed by atoms with Crippen LogP contribution in [0.15, 0.2) is 24.3 Å². The highest BCUT2D eigenvalue weighted by atomic mass is 35.5. The van der Waals surface area contributed by atoms with E-state index in [1.807, 2.05) is 0 Å². The van der Waals surface area contributed by atoms with E-state index in [0.29, 0.717) is 24.4 Å². The van der Waals surface area contributed by atoms with E-state index in [2.05, 4.69) is 41.4 Å². The molecule has 142 valence electrons. The van der Waals surface area contributed by atoms with Crippen LogP contribution in [0, 0.1) is 18.8 Å². The number of nitrogens with two attached hydrogens (primary N) is 1. The molecule has 1 saturated carbocycles. The maximum absolute atomic E-state index is 12.7. The highest BCUT2D eigenvalue weighted by molar-refractivity contribution is 5.85. The van der Waals surface area contributed by atoms with Crippen LogP contribution in [0.1, 0.15) is 37.7 Å². The van der Waals surface area contributed by atoms with Gasteiger partial charge in [-0.2, -0.15) is 0 Å². The van der Waals surface area contributed by atoms with Gasteiger partial charge in [-0.05, 0) is 62.8 Å². The summed E-state index contributed by atoms with van der Waals surface area (Å²) in [7, 11) is 0. The SMILES string of the molecule is Cc1cccc(NC2CCN(C(=O)[C@@H]3CCC[C@@H]3CN)CC2)c1.Cl.Cl. The molecule has 1 heterocycles. The van der Waals surface area contributed by atoms with E-state index in [4.69, 9.17) is 5.73 Å². The minimum atomic E-state index is 0. The number of nitrogens with one attached hydrogen (secondary N) is 1. The first kappa shape index (κ1) is 22.1. The van der Waals surface area contributed by atoms with Gasteiger partial charge in [0.25, 0.3) is 0 Å². The molecule has 0 bridgehead atoms. The zero-order valence-electron chi connectivity index (χ0n) is 14.9. The van der Waals surface area contributed by atoms with E-state index in [1.54, 1.807) is 0 Å². The second-order valence-electron chi connectivity index (χ2n) is 7.15. The number of hydrogen-bond donors (Lipinski definition) is 2. The van der Waals surface area contributed by atoms with Gasteiger partial charge in [-0.1, -0.05) is 18.6 Å². The minimum absolute atomic E-state index is 0. The molecular weight excluding hydrogens is 357 g/mol. The van der Waals surface area contributed by atoms with Crippen LogP contribution in [-0.4, -0.2) is 36.5 Å². The van der Waals surface area contributed by atoms with Crippen LogP contribution in [0.4, 0.5) is 5.69 Å². The zero-order chi connectivity index (χ0) is 16.2. The van der Waals surface area contributed by atoms with Gasteiger partial charge in [-0.15, -0.1) is 24.8 Å². The summed E-state index contributed by atoms with van der Waals surface area (Å²) in [5.74, 6) is 0.943. The molecule has 4 nitrogen and oxygen atoms in total. The molecule has 25 heavy (non-hydrogen) atoms. The van der Waals surface area contributed by atoms with E-state index in [9.17, 15) is 4.79 Å². The molecule has 2 aliphatic rings. The van der Waals surface area contributed by atoms with Gasteiger partial charge in [0.15, 0.2) is 0 Å². The number of rotatable bonds is 4. The number of aryl methyl sites for hydroxylation is 1. The van der Waals surface area contributed by atoms with Crippen LogP contribution in [0.5, 0.6) is 0 Å². The summed E-state index contributed by atoms with van der Waals surface area (Å²) >= 11 is 0. The summed E-state index contributed by atoms with van der Waals surface area (Å²) in [6, 6.07) is 8.97. The van der Waals surface area contributed by atoms with E-state index < -0.39 is 0 Å². The Balaban J connectivity index is 0.00000156. The van der Waals surface area contributed by atoms with Crippen molar-refractivity contribution in [2.24, 2.45) is 17.6 Å². The van der Waals surface area contributed by atoms with Crippen LogP contribution in [0.3, 0.4) is 0 Å². The summed E-state index contributed by atoms with van der Waals surface area (Å²) in [5, 5.41) is 3.61. The molecule has 6 heteroatoms. The second-order valence-corrected chi connectivity index (χ2v) is 7.15. The molecule has 3 rings (SSSR count). The Bertz CT molecular complexity index is 547. The molecule has 1 aliphatic heterocycles. The van der Waals surface area contributed by atoms with Gasteiger partial charge < -0.3 is 16.0 Å². The molecule has 1 aromatic rings. The fourth-order valence-electron chi connectivity index (χ4n) is 4.09. The first-order valence-corrected chi connectivity index (χ1v) is 8.99. The Hall–Kier alpha value is -0.970. The predicted molar refractivity (Wildman–Crippen MR) is 109 cm³/mol. The smallest absolute Gasteiger partial charge is 0.226 e. The lowest BCUT2D eigenvalue weighted by molar-refractivity contribution is -0.137. The lowest BCUT2D eigenvalue weighted by atomic mass is 9.93. The van der Waals surface area contributed by atoms with Gasteiger partial charge in [0.2, 0.25) is 5.91 Å². The number of piperidine rings is 1.